The fraction of sp³-hybridized carbons (Fsp3) is 0.480. The first-order chi connectivity index (χ1) is 15.9. The first-order valence-electron chi connectivity index (χ1n) is 11.6. The minimum atomic E-state index is -0.736. The zero-order valence-corrected chi connectivity index (χ0v) is 18.4. The average Bonchev–Trinajstić information content (AvgIpc) is 2.79. The number of aryl methyl sites for hydroxylation is 2. The van der Waals surface area contributed by atoms with Gasteiger partial charge in [-0.05, 0) is 61.8 Å². The average molecular weight is 446 g/mol. The van der Waals surface area contributed by atoms with Crippen LogP contribution in [-0.4, -0.2) is 21.9 Å². The van der Waals surface area contributed by atoms with Crippen molar-refractivity contribution in [1.29, 1.82) is 5.26 Å². The molecule has 4 saturated carbocycles. The summed E-state index contributed by atoms with van der Waals surface area (Å²) in [4.78, 5) is 28.2. The standard InChI is InChI=1S/C25H27N5O3/c26-14-25-10-16-8-17(11-25)21(18(9-16)12-25)29-22-19(24(27)31)13-28-20(23(22)30(32)33)7-6-15-4-2-1-3-5-15/h1-5,13,16-18,21H,6-12H2,(H2,27,31)(H,28,29). The van der Waals surface area contributed by atoms with E-state index in [9.17, 15) is 20.2 Å². The number of nitrogens with two attached hydrogens (primary N) is 1. The number of nitriles is 1. The zero-order chi connectivity index (χ0) is 23.2. The van der Waals surface area contributed by atoms with Gasteiger partial charge >= 0.3 is 5.69 Å². The maximum atomic E-state index is 12.2. The number of anilines is 1. The number of nitrogens with one attached hydrogen (secondary N) is 1. The largest absolute Gasteiger partial charge is 0.375 e. The van der Waals surface area contributed by atoms with E-state index in [1.165, 1.54) is 6.20 Å². The van der Waals surface area contributed by atoms with E-state index < -0.39 is 10.8 Å². The number of nitro groups is 1. The number of hydrogen-bond donors (Lipinski definition) is 2. The van der Waals surface area contributed by atoms with Crippen molar-refractivity contribution < 1.29 is 9.72 Å². The number of carbonyl (C=O) groups is 1. The monoisotopic (exact) mass is 445 g/mol. The predicted octanol–water partition coefficient (Wildman–Crippen LogP) is 4.00. The van der Waals surface area contributed by atoms with E-state index in [-0.39, 0.29) is 40.2 Å². The second-order valence-corrected chi connectivity index (χ2v) is 9.98. The number of aromatic nitrogens is 1. The Hall–Kier alpha value is -3.47. The lowest BCUT2D eigenvalue weighted by molar-refractivity contribution is -0.385. The molecule has 1 amide bonds. The van der Waals surface area contributed by atoms with Crippen LogP contribution in [0.5, 0.6) is 0 Å². The minimum Gasteiger partial charge on any atom is -0.375 e. The van der Waals surface area contributed by atoms with Gasteiger partial charge in [-0.1, -0.05) is 30.3 Å². The Morgan fingerprint density at radius 1 is 1.21 bits per heavy atom. The van der Waals surface area contributed by atoms with Gasteiger partial charge in [-0.15, -0.1) is 0 Å². The van der Waals surface area contributed by atoms with E-state index in [0.29, 0.717) is 24.5 Å². The lowest BCUT2D eigenvalue weighted by Gasteiger charge is -2.57. The Bertz CT molecular complexity index is 1130. The molecule has 1 aromatic heterocycles. The Morgan fingerprint density at radius 3 is 2.52 bits per heavy atom. The molecular formula is C25H27N5O3. The van der Waals surface area contributed by atoms with E-state index in [0.717, 1.165) is 37.7 Å². The van der Waals surface area contributed by atoms with E-state index >= 15 is 0 Å². The summed E-state index contributed by atoms with van der Waals surface area (Å²) in [7, 11) is 0. The van der Waals surface area contributed by atoms with Gasteiger partial charge in [-0.3, -0.25) is 19.9 Å². The van der Waals surface area contributed by atoms with E-state index in [1.807, 2.05) is 30.3 Å². The summed E-state index contributed by atoms with van der Waals surface area (Å²) < 4.78 is 0. The van der Waals surface area contributed by atoms with Gasteiger partial charge in [0.2, 0.25) is 0 Å². The molecule has 170 valence electrons. The Kier molecular flexibility index (Phi) is 5.28. The van der Waals surface area contributed by atoms with Crippen LogP contribution in [0.1, 0.15) is 53.7 Å². The third-order valence-corrected chi connectivity index (χ3v) is 7.89. The number of nitrogens with zero attached hydrogens (tertiary/aromatic N) is 3. The van der Waals surface area contributed by atoms with Crippen molar-refractivity contribution in [1.82, 2.24) is 4.98 Å². The summed E-state index contributed by atoms with van der Waals surface area (Å²) in [5.41, 5.74) is 6.83. The molecule has 4 fully saturated rings. The highest BCUT2D eigenvalue weighted by Gasteiger charge is 2.56. The van der Waals surface area contributed by atoms with Crippen molar-refractivity contribution >= 4 is 17.3 Å². The number of carbonyl (C=O) groups excluding carboxylic acids is 1. The van der Waals surface area contributed by atoms with Gasteiger partial charge in [0.15, 0.2) is 0 Å². The Labute approximate surface area is 192 Å². The highest BCUT2D eigenvalue weighted by atomic mass is 16.6. The number of pyridine rings is 1. The van der Waals surface area contributed by atoms with Gasteiger partial charge < -0.3 is 11.1 Å². The molecule has 2 unspecified atom stereocenters. The van der Waals surface area contributed by atoms with Crippen molar-refractivity contribution in [3.63, 3.8) is 0 Å². The van der Waals surface area contributed by atoms with E-state index in [1.54, 1.807) is 0 Å². The molecule has 4 aliphatic carbocycles. The number of benzene rings is 1. The molecule has 33 heavy (non-hydrogen) atoms. The Balaban J connectivity index is 1.49. The minimum absolute atomic E-state index is 0.0100. The molecular weight excluding hydrogens is 418 g/mol. The van der Waals surface area contributed by atoms with Crippen LogP contribution in [0.4, 0.5) is 11.4 Å². The van der Waals surface area contributed by atoms with Crippen LogP contribution in [0.2, 0.25) is 0 Å². The number of rotatable bonds is 7. The molecule has 4 bridgehead atoms. The van der Waals surface area contributed by atoms with Crippen LogP contribution >= 0.6 is 0 Å². The normalized spacial score (nSPS) is 29.4. The van der Waals surface area contributed by atoms with E-state index in [4.69, 9.17) is 5.73 Å². The fourth-order valence-corrected chi connectivity index (χ4v) is 6.72. The zero-order valence-electron chi connectivity index (χ0n) is 18.4. The van der Waals surface area contributed by atoms with Crippen molar-refractivity contribution in [2.45, 2.75) is 51.0 Å². The molecule has 0 saturated heterocycles. The van der Waals surface area contributed by atoms with Gasteiger partial charge in [0, 0.05) is 18.7 Å². The van der Waals surface area contributed by atoms with Crippen LogP contribution in [-0.2, 0) is 12.8 Å². The number of primary amides is 1. The van der Waals surface area contributed by atoms with Gasteiger partial charge in [0.1, 0.15) is 11.4 Å². The number of amides is 1. The predicted molar refractivity (Wildman–Crippen MR) is 122 cm³/mol. The third-order valence-electron chi connectivity index (χ3n) is 7.89. The van der Waals surface area contributed by atoms with Gasteiger partial charge in [0.25, 0.3) is 5.91 Å². The maximum absolute atomic E-state index is 12.2. The van der Waals surface area contributed by atoms with Crippen LogP contribution in [0.3, 0.4) is 0 Å². The molecule has 2 atom stereocenters. The van der Waals surface area contributed by atoms with E-state index in [2.05, 4.69) is 16.4 Å². The lowest BCUT2D eigenvalue weighted by atomic mass is 9.48. The first-order valence-corrected chi connectivity index (χ1v) is 11.6. The van der Waals surface area contributed by atoms with Crippen molar-refractivity contribution in [3.8, 4) is 6.07 Å². The van der Waals surface area contributed by atoms with Gasteiger partial charge in [0.05, 0.1) is 22.0 Å². The second kappa shape index (κ2) is 8.14. The molecule has 1 heterocycles. The van der Waals surface area contributed by atoms with Crippen molar-refractivity contribution in [2.75, 3.05) is 5.32 Å². The van der Waals surface area contributed by atoms with Crippen LogP contribution in [0.15, 0.2) is 36.5 Å². The highest BCUT2D eigenvalue weighted by molar-refractivity contribution is 6.00. The quantitative estimate of drug-likeness (QED) is 0.488. The summed E-state index contributed by atoms with van der Waals surface area (Å²) in [5.74, 6) is 0.332. The SMILES string of the molecule is N#CC12CC3CC(C1)C(Nc1c(C(N)=O)cnc(CCc4ccccc4)c1[N+](=O)[O-])C(C3)C2. The molecule has 0 radical (unpaired) electrons. The third kappa shape index (κ3) is 3.82. The molecule has 1 aromatic carbocycles. The van der Waals surface area contributed by atoms with Gasteiger partial charge in [-0.25, -0.2) is 0 Å². The molecule has 4 aliphatic rings. The first kappa shape index (κ1) is 21.4. The molecule has 8 heteroatoms. The Morgan fingerprint density at radius 2 is 1.91 bits per heavy atom. The number of hydrogen-bond acceptors (Lipinski definition) is 6. The van der Waals surface area contributed by atoms with Crippen LogP contribution in [0.25, 0.3) is 0 Å². The topological polar surface area (TPSA) is 135 Å². The highest BCUT2D eigenvalue weighted by Crippen LogP contribution is 2.60. The molecule has 6 rings (SSSR count). The molecule has 3 N–H and O–H groups in total. The molecule has 0 spiro atoms. The lowest BCUT2D eigenvalue weighted by Crippen LogP contribution is -2.55. The summed E-state index contributed by atoms with van der Waals surface area (Å²) in [5, 5.41) is 25.4. The summed E-state index contributed by atoms with van der Waals surface area (Å²) in [6, 6.07) is 12.3. The van der Waals surface area contributed by atoms with Gasteiger partial charge in [-0.2, -0.15) is 5.26 Å². The second-order valence-electron chi connectivity index (χ2n) is 9.98. The van der Waals surface area contributed by atoms with Crippen LogP contribution < -0.4 is 11.1 Å². The molecule has 0 aliphatic heterocycles. The summed E-state index contributed by atoms with van der Waals surface area (Å²) in [6.07, 6.45) is 6.96. The fourth-order valence-electron chi connectivity index (χ4n) is 6.72. The molecule has 8 nitrogen and oxygen atoms in total. The van der Waals surface area contributed by atoms with Crippen molar-refractivity contribution in [3.05, 3.63) is 63.5 Å². The van der Waals surface area contributed by atoms with Crippen LogP contribution in [0, 0.1) is 44.6 Å². The smallest absolute Gasteiger partial charge is 0.314 e. The maximum Gasteiger partial charge on any atom is 0.314 e. The van der Waals surface area contributed by atoms with Crippen molar-refractivity contribution in [2.24, 2.45) is 28.9 Å². The summed E-state index contributed by atoms with van der Waals surface area (Å²) >= 11 is 0. The molecule has 2 aromatic rings. The summed E-state index contributed by atoms with van der Waals surface area (Å²) in [6.45, 7) is 0.